The minimum atomic E-state index is -0.294. The molecular weight excluding hydrogens is 354 g/mol. The molecule has 0 fully saturated rings. The van der Waals surface area contributed by atoms with Crippen molar-refractivity contribution in [3.05, 3.63) is 63.4 Å². The van der Waals surface area contributed by atoms with Gasteiger partial charge in [-0.1, -0.05) is 51.3 Å². The first-order chi connectivity index (χ1) is 9.02. The van der Waals surface area contributed by atoms with E-state index in [9.17, 15) is 4.39 Å². The van der Waals surface area contributed by atoms with Gasteiger partial charge in [0.2, 0.25) is 0 Å². The average molecular weight is 364 g/mol. The van der Waals surface area contributed by atoms with Gasteiger partial charge in [0, 0.05) is 11.1 Å². The second kappa shape index (κ2) is 6.12. The number of methoxy groups -OCH3 is 1. The molecule has 0 aliphatic carbocycles. The molecule has 1 nitrogen and oxygen atoms in total. The Balaban J connectivity index is 2.44. The molecule has 0 spiro atoms. The molecule has 0 aliphatic rings. The van der Waals surface area contributed by atoms with Gasteiger partial charge in [0.25, 0.3) is 0 Å². The Labute approximate surface area is 129 Å². The molecule has 2 aromatic carbocycles. The van der Waals surface area contributed by atoms with Gasteiger partial charge < -0.3 is 4.74 Å². The maximum atomic E-state index is 13.2. The lowest BCUT2D eigenvalue weighted by atomic mass is 10.0. The Morgan fingerprint density at radius 3 is 2.53 bits per heavy atom. The molecule has 2 aromatic rings. The van der Waals surface area contributed by atoms with Gasteiger partial charge in [0.15, 0.2) is 0 Å². The minimum absolute atomic E-state index is 0.237. The van der Waals surface area contributed by atoms with Crippen LogP contribution in [0.15, 0.2) is 36.4 Å². The molecule has 5 heteroatoms. The number of hydrogen-bond acceptors (Lipinski definition) is 1. The minimum Gasteiger partial charge on any atom is -0.495 e. The van der Waals surface area contributed by atoms with Crippen LogP contribution in [0, 0.1) is 5.82 Å². The second-order valence-corrected chi connectivity index (χ2v) is 5.66. The van der Waals surface area contributed by atoms with Gasteiger partial charge in [-0.2, -0.15) is 0 Å². The van der Waals surface area contributed by atoms with Crippen LogP contribution < -0.4 is 4.74 Å². The zero-order valence-electron chi connectivity index (χ0n) is 9.96. The Morgan fingerprint density at radius 1 is 1.16 bits per heavy atom. The number of halogens is 4. The van der Waals surface area contributed by atoms with Crippen LogP contribution in [0.2, 0.25) is 10.0 Å². The molecule has 0 aromatic heterocycles. The molecule has 0 N–H and O–H groups in total. The molecule has 0 bridgehead atoms. The first-order valence-corrected chi connectivity index (χ1v) is 7.12. The van der Waals surface area contributed by atoms with E-state index in [2.05, 4.69) is 15.9 Å². The monoisotopic (exact) mass is 362 g/mol. The number of ether oxygens (including phenoxy) is 1. The van der Waals surface area contributed by atoms with E-state index in [-0.39, 0.29) is 10.6 Å². The maximum absolute atomic E-state index is 13.2. The molecule has 19 heavy (non-hydrogen) atoms. The van der Waals surface area contributed by atoms with Crippen LogP contribution in [0.3, 0.4) is 0 Å². The highest BCUT2D eigenvalue weighted by molar-refractivity contribution is 9.09. The number of alkyl halides is 1. The summed E-state index contributed by atoms with van der Waals surface area (Å²) in [6.45, 7) is 0. The van der Waals surface area contributed by atoms with Crippen molar-refractivity contribution in [3.8, 4) is 5.75 Å². The van der Waals surface area contributed by atoms with Crippen LogP contribution in [-0.2, 0) is 0 Å². The fourth-order valence-corrected chi connectivity index (χ4v) is 3.05. The van der Waals surface area contributed by atoms with Crippen LogP contribution in [0.25, 0.3) is 0 Å². The first-order valence-electron chi connectivity index (χ1n) is 5.45. The normalized spacial score (nSPS) is 12.3. The van der Waals surface area contributed by atoms with Crippen LogP contribution in [-0.4, -0.2) is 7.11 Å². The number of rotatable bonds is 3. The topological polar surface area (TPSA) is 9.23 Å². The molecule has 1 unspecified atom stereocenters. The summed E-state index contributed by atoms with van der Waals surface area (Å²) in [4.78, 5) is -0.237. The van der Waals surface area contributed by atoms with Gasteiger partial charge in [-0.3, -0.25) is 0 Å². The van der Waals surface area contributed by atoms with Crippen LogP contribution >= 0.6 is 39.1 Å². The third-order valence-electron chi connectivity index (χ3n) is 2.69. The Kier molecular flexibility index (Phi) is 4.71. The maximum Gasteiger partial charge on any atom is 0.138 e. The predicted molar refractivity (Wildman–Crippen MR) is 80.2 cm³/mol. The first kappa shape index (κ1) is 14.6. The Hall–Kier alpha value is -0.770. The summed E-state index contributed by atoms with van der Waals surface area (Å²) < 4.78 is 18.3. The lowest BCUT2D eigenvalue weighted by Crippen LogP contribution is -1.96. The van der Waals surface area contributed by atoms with Crippen molar-refractivity contribution in [2.75, 3.05) is 7.11 Å². The fourth-order valence-electron chi connectivity index (χ4n) is 1.74. The van der Waals surface area contributed by atoms with Crippen molar-refractivity contribution in [3.63, 3.8) is 0 Å². The van der Waals surface area contributed by atoms with Crippen LogP contribution in [0.4, 0.5) is 4.39 Å². The number of hydrogen-bond donors (Lipinski definition) is 0. The summed E-state index contributed by atoms with van der Waals surface area (Å²) in [7, 11) is 1.52. The lowest BCUT2D eigenvalue weighted by molar-refractivity contribution is 0.415. The molecule has 100 valence electrons. The lowest BCUT2D eigenvalue weighted by Gasteiger charge is -2.14. The quantitative estimate of drug-likeness (QED) is 0.642. The van der Waals surface area contributed by atoms with Gasteiger partial charge in [0.1, 0.15) is 11.6 Å². The van der Waals surface area contributed by atoms with Crippen LogP contribution in [0.1, 0.15) is 16.0 Å². The third kappa shape index (κ3) is 3.22. The smallest absolute Gasteiger partial charge is 0.138 e. The standard InChI is InChI=1S/C14H10BrCl2FO/c1-19-13-7-11(16)10(6-12(13)17)14(15)8-3-2-4-9(18)5-8/h2-7,14H,1H3. The van der Waals surface area contributed by atoms with Gasteiger partial charge in [-0.15, -0.1) is 0 Å². The molecule has 0 saturated carbocycles. The highest BCUT2D eigenvalue weighted by Gasteiger charge is 2.17. The van der Waals surface area contributed by atoms with Gasteiger partial charge in [0.05, 0.1) is 17.0 Å². The molecule has 0 heterocycles. The van der Waals surface area contributed by atoms with Crippen molar-refractivity contribution >= 4 is 39.1 Å². The van der Waals surface area contributed by atoms with Gasteiger partial charge in [-0.05, 0) is 29.3 Å². The van der Waals surface area contributed by atoms with Gasteiger partial charge >= 0.3 is 0 Å². The summed E-state index contributed by atoms with van der Waals surface area (Å²) in [5.74, 6) is 0.215. The van der Waals surface area contributed by atoms with Crippen molar-refractivity contribution in [2.45, 2.75) is 4.83 Å². The predicted octanol–water partition coefficient (Wildman–Crippen LogP) is 5.63. The SMILES string of the molecule is COc1cc(Cl)c(C(Br)c2cccc(F)c2)cc1Cl. The molecule has 2 rings (SSSR count). The zero-order valence-corrected chi connectivity index (χ0v) is 13.1. The number of benzene rings is 2. The van der Waals surface area contributed by atoms with E-state index >= 15 is 0 Å². The van der Waals surface area contributed by atoms with Crippen molar-refractivity contribution < 1.29 is 9.13 Å². The van der Waals surface area contributed by atoms with Gasteiger partial charge in [-0.25, -0.2) is 4.39 Å². The Bertz CT molecular complexity index is 604. The third-order valence-corrected chi connectivity index (χ3v) is 4.33. The van der Waals surface area contributed by atoms with Crippen molar-refractivity contribution in [1.29, 1.82) is 0 Å². The van der Waals surface area contributed by atoms with E-state index in [1.165, 1.54) is 19.2 Å². The van der Waals surface area contributed by atoms with E-state index in [1.54, 1.807) is 18.2 Å². The summed E-state index contributed by atoms with van der Waals surface area (Å²) in [5, 5.41) is 0.968. The van der Waals surface area contributed by atoms with Crippen molar-refractivity contribution in [2.24, 2.45) is 0 Å². The zero-order chi connectivity index (χ0) is 14.0. The Morgan fingerprint density at radius 2 is 1.89 bits per heavy atom. The molecule has 0 amide bonds. The highest BCUT2D eigenvalue weighted by atomic mass is 79.9. The summed E-state index contributed by atoms with van der Waals surface area (Å²) in [6.07, 6.45) is 0. The van der Waals surface area contributed by atoms with E-state index in [1.807, 2.05) is 6.07 Å². The largest absolute Gasteiger partial charge is 0.495 e. The molecule has 0 aliphatic heterocycles. The molecular formula is C14H10BrCl2FO. The average Bonchev–Trinajstić information content (AvgIpc) is 2.40. The summed E-state index contributed by atoms with van der Waals surface area (Å²) in [5.41, 5.74) is 1.53. The van der Waals surface area contributed by atoms with Crippen LogP contribution in [0.5, 0.6) is 5.75 Å². The van der Waals surface area contributed by atoms with E-state index in [0.29, 0.717) is 15.8 Å². The molecule has 0 saturated heterocycles. The van der Waals surface area contributed by atoms with Crippen molar-refractivity contribution in [1.82, 2.24) is 0 Å². The van der Waals surface area contributed by atoms with E-state index in [4.69, 9.17) is 27.9 Å². The van der Waals surface area contributed by atoms with E-state index in [0.717, 1.165) is 11.1 Å². The van der Waals surface area contributed by atoms with E-state index < -0.39 is 0 Å². The summed E-state index contributed by atoms with van der Waals surface area (Å²) >= 11 is 15.8. The summed E-state index contributed by atoms with van der Waals surface area (Å²) in [6, 6.07) is 9.68. The second-order valence-electron chi connectivity index (χ2n) is 3.93. The molecule has 1 atom stereocenters. The molecule has 0 radical (unpaired) electrons. The fraction of sp³-hybridized carbons (Fsp3) is 0.143. The highest BCUT2D eigenvalue weighted by Crippen LogP contribution is 2.40.